The molecule has 2 aromatic carbocycles. The average molecular weight is 432 g/mol. The highest BCUT2D eigenvalue weighted by atomic mass is 16.5. The van der Waals surface area contributed by atoms with Crippen LogP contribution in [0.25, 0.3) is 11.5 Å². The maximum absolute atomic E-state index is 12.9. The molecule has 0 bridgehead atoms. The largest absolute Gasteiger partial charge is 0.419 e. The zero-order chi connectivity index (χ0) is 22.7. The fourth-order valence-corrected chi connectivity index (χ4v) is 3.36. The number of carbonyl (C=O) groups is 1. The first-order valence-electron chi connectivity index (χ1n) is 10.1. The first kappa shape index (κ1) is 21.4. The number of carbonyl (C=O) groups excluding carboxylic acids is 1. The molecule has 0 aliphatic rings. The molecule has 32 heavy (non-hydrogen) atoms. The molecule has 0 saturated carbocycles. The molecule has 2 heterocycles. The van der Waals surface area contributed by atoms with E-state index in [9.17, 15) is 4.79 Å². The van der Waals surface area contributed by atoms with Gasteiger partial charge in [0.25, 0.3) is 5.91 Å². The van der Waals surface area contributed by atoms with Crippen LogP contribution in [0.5, 0.6) is 0 Å². The summed E-state index contributed by atoms with van der Waals surface area (Å²) >= 11 is 0. The minimum atomic E-state index is -0.830. The van der Waals surface area contributed by atoms with Gasteiger partial charge in [0.05, 0.1) is 12.1 Å². The van der Waals surface area contributed by atoms with Gasteiger partial charge in [0.2, 0.25) is 17.7 Å². The van der Waals surface area contributed by atoms with Crippen molar-refractivity contribution in [1.29, 1.82) is 0 Å². The van der Waals surface area contributed by atoms with Crippen LogP contribution in [0.2, 0.25) is 0 Å². The highest BCUT2D eigenvalue weighted by molar-refractivity contribution is 5.95. The molecule has 4 aromatic rings. The Bertz CT molecular complexity index is 1220. The van der Waals surface area contributed by atoms with Gasteiger partial charge in [-0.15, -0.1) is 10.2 Å². The monoisotopic (exact) mass is 432 g/mol. The van der Waals surface area contributed by atoms with Gasteiger partial charge in [-0.1, -0.05) is 41.6 Å². The summed E-state index contributed by atoms with van der Waals surface area (Å²) in [5.41, 5.74) is 7.83. The third-order valence-corrected chi connectivity index (χ3v) is 4.98. The molecule has 2 N–H and O–H groups in total. The predicted molar refractivity (Wildman–Crippen MR) is 116 cm³/mol. The fourth-order valence-electron chi connectivity index (χ4n) is 3.36. The molecule has 1 unspecified atom stereocenters. The minimum absolute atomic E-state index is 0.193. The minimum Gasteiger partial charge on any atom is -0.419 e. The summed E-state index contributed by atoms with van der Waals surface area (Å²) in [4.78, 5) is 18.5. The summed E-state index contributed by atoms with van der Waals surface area (Å²) in [6.45, 7) is 3.79. The molecule has 0 radical (unpaired) electrons. The standard InChI is InChI=1S/C23H24N6O3/c1-15-25-19(28-32-15)14-29(3)21(30)18-11-7-10-17(12-18)20-26-27-22(31-20)23(2,24)13-16-8-5-4-6-9-16/h4-12H,13-14,24H2,1-3H3. The van der Waals surface area contributed by atoms with Gasteiger partial charge in [-0.05, 0) is 37.1 Å². The Morgan fingerprint density at radius 3 is 2.62 bits per heavy atom. The Labute approximate surface area is 185 Å². The van der Waals surface area contributed by atoms with Gasteiger partial charge in [0.1, 0.15) is 0 Å². The van der Waals surface area contributed by atoms with Gasteiger partial charge >= 0.3 is 0 Å². The summed E-state index contributed by atoms with van der Waals surface area (Å²) in [6.07, 6.45) is 0.550. The summed E-state index contributed by atoms with van der Waals surface area (Å²) < 4.78 is 10.9. The third-order valence-electron chi connectivity index (χ3n) is 4.98. The van der Waals surface area contributed by atoms with E-state index in [4.69, 9.17) is 14.7 Å². The number of amides is 1. The maximum atomic E-state index is 12.9. The lowest BCUT2D eigenvalue weighted by molar-refractivity contribution is 0.0780. The predicted octanol–water partition coefficient (Wildman–Crippen LogP) is 3.12. The number of nitrogens with two attached hydrogens (primary N) is 1. The molecule has 0 saturated heterocycles. The Morgan fingerprint density at radius 1 is 1.12 bits per heavy atom. The van der Waals surface area contributed by atoms with Crippen LogP contribution in [0, 0.1) is 6.92 Å². The van der Waals surface area contributed by atoms with E-state index in [1.807, 2.05) is 43.3 Å². The molecule has 0 spiro atoms. The van der Waals surface area contributed by atoms with Crippen LogP contribution in [0.4, 0.5) is 0 Å². The van der Waals surface area contributed by atoms with Crippen LogP contribution in [0.3, 0.4) is 0 Å². The lowest BCUT2D eigenvalue weighted by atomic mass is 9.94. The summed E-state index contributed by atoms with van der Waals surface area (Å²) in [7, 11) is 1.68. The van der Waals surface area contributed by atoms with E-state index >= 15 is 0 Å². The first-order chi connectivity index (χ1) is 15.3. The average Bonchev–Trinajstić information content (AvgIpc) is 3.43. The van der Waals surface area contributed by atoms with Crippen molar-refractivity contribution >= 4 is 5.91 Å². The van der Waals surface area contributed by atoms with Gasteiger partial charge in [-0.2, -0.15) is 4.98 Å². The van der Waals surface area contributed by atoms with E-state index in [-0.39, 0.29) is 12.5 Å². The Morgan fingerprint density at radius 2 is 1.91 bits per heavy atom. The van der Waals surface area contributed by atoms with E-state index in [0.717, 1.165) is 5.56 Å². The maximum Gasteiger partial charge on any atom is 0.254 e. The second-order valence-electron chi connectivity index (χ2n) is 7.96. The molecule has 164 valence electrons. The van der Waals surface area contributed by atoms with Gasteiger partial charge < -0.3 is 19.6 Å². The number of aromatic nitrogens is 4. The SMILES string of the molecule is Cc1nc(CN(C)C(=O)c2cccc(-c3nnc(C(C)(N)Cc4ccccc4)o3)c2)no1. The third kappa shape index (κ3) is 4.73. The van der Waals surface area contributed by atoms with E-state index in [1.165, 1.54) is 4.90 Å². The molecule has 2 aromatic heterocycles. The molecule has 0 fully saturated rings. The van der Waals surface area contributed by atoms with Crippen molar-refractivity contribution in [3.8, 4) is 11.5 Å². The number of benzene rings is 2. The molecule has 0 aliphatic heterocycles. The van der Waals surface area contributed by atoms with E-state index in [0.29, 0.717) is 41.0 Å². The van der Waals surface area contributed by atoms with Crippen molar-refractivity contribution in [2.75, 3.05) is 7.05 Å². The molecule has 9 nitrogen and oxygen atoms in total. The van der Waals surface area contributed by atoms with Gasteiger partial charge in [0, 0.05) is 25.1 Å². The van der Waals surface area contributed by atoms with Crippen LogP contribution < -0.4 is 5.73 Å². The van der Waals surface area contributed by atoms with Crippen LogP contribution in [-0.4, -0.2) is 38.2 Å². The van der Waals surface area contributed by atoms with Gasteiger partial charge in [0.15, 0.2) is 5.82 Å². The number of hydrogen-bond donors (Lipinski definition) is 1. The molecule has 1 amide bonds. The quantitative estimate of drug-likeness (QED) is 0.472. The van der Waals surface area contributed by atoms with Crippen molar-refractivity contribution < 1.29 is 13.7 Å². The van der Waals surface area contributed by atoms with Crippen LogP contribution in [-0.2, 0) is 18.5 Å². The highest BCUT2D eigenvalue weighted by Gasteiger charge is 2.29. The summed E-state index contributed by atoms with van der Waals surface area (Å²) in [6, 6.07) is 16.9. The molecule has 9 heteroatoms. The second kappa shape index (κ2) is 8.72. The number of nitrogens with zero attached hydrogens (tertiary/aromatic N) is 5. The van der Waals surface area contributed by atoms with Crippen molar-refractivity contribution in [1.82, 2.24) is 25.2 Å². The summed E-state index contributed by atoms with van der Waals surface area (Å²) in [5.74, 6) is 1.33. The van der Waals surface area contributed by atoms with Crippen molar-refractivity contribution in [3.05, 3.63) is 83.3 Å². The van der Waals surface area contributed by atoms with Crippen LogP contribution in [0.15, 0.2) is 63.5 Å². The Balaban J connectivity index is 1.51. The van der Waals surface area contributed by atoms with Crippen molar-refractivity contribution in [2.45, 2.75) is 32.4 Å². The molecule has 1 atom stereocenters. The first-order valence-corrected chi connectivity index (χ1v) is 10.1. The van der Waals surface area contributed by atoms with E-state index in [2.05, 4.69) is 20.3 Å². The zero-order valence-corrected chi connectivity index (χ0v) is 18.1. The van der Waals surface area contributed by atoms with Crippen molar-refractivity contribution in [3.63, 3.8) is 0 Å². The smallest absolute Gasteiger partial charge is 0.254 e. The lowest BCUT2D eigenvalue weighted by Gasteiger charge is -2.20. The van der Waals surface area contributed by atoms with Crippen LogP contribution >= 0.6 is 0 Å². The fraction of sp³-hybridized carbons (Fsp3) is 0.261. The zero-order valence-electron chi connectivity index (χ0n) is 18.1. The van der Waals surface area contributed by atoms with Gasteiger partial charge in [-0.3, -0.25) is 4.79 Å². The van der Waals surface area contributed by atoms with Gasteiger partial charge in [-0.25, -0.2) is 0 Å². The van der Waals surface area contributed by atoms with E-state index in [1.54, 1.807) is 32.2 Å². The number of rotatable bonds is 7. The second-order valence-corrected chi connectivity index (χ2v) is 7.96. The Hall–Kier alpha value is -3.85. The number of aryl methyl sites for hydroxylation is 1. The highest BCUT2D eigenvalue weighted by Crippen LogP contribution is 2.26. The molecule has 0 aliphatic carbocycles. The molecular formula is C23H24N6O3. The lowest BCUT2D eigenvalue weighted by Crippen LogP contribution is -2.35. The number of hydrogen-bond acceptors (Lipinski definition) is 8. The van der Waals surface area contributed by atoms with Crippen LogP contribution in [0.1, 0.15) is 40.5 Å². The van der Waals surface area contributed by atoms with Crippen molar-refractivity contribution in [2.24, 2.45) is 5.73 Å². The molecular weight excluding hydrogens is 408 g/mol. The molecule has 4 rings (SSSR count). The summed E-state index contributed by atoms with van der Waals surface area (Å²) in [5, 5.41) is 12.1. The topological polar surface area (TPSA) is 124 Å². The normalized spacial score (nSPS) is 13.0. The van der Waals surface area contributed by atoms with E-state index < -0.39 is 5.54 Å². The Kier molecular flexibility index (Phi) is 5.83.